The maximum atomic E-state index is 13.4. The van der Waals surface area contributed by atoms with Crippen LogP contribution in [0.3, 0.4) is 0 Å². The zero-order valence-electron chi connectivity index (χ0n) is 13.9. The molecule has 0 aromatic heterocycles. The van der Waals surface area contributed by atoms with E-state index < -0.39 is 23.8 Å². The van der Waals surface area contributed by atoms with Crippen LogP contribution in [0.1, 0.15) is 19.8 Å². The normalized spacial score (nSPS) is 20.5. The van der Waals surface area contributed by atoms with Gasteiger partial charge in [0.1, 0.15) is 0 Å². The number of benzene rings is 2. The summed E-state index contributed by atoms with van der Waals surface area (Å²) in [7, 11) is -8.24. The lowest BCUT2D eigenvalue weighted by atomic mass is 10.1. The van der Waals surface area contributed by atoms with Crippen LogP contribution in [0.2, 0.25) is 0 Å². The zero-order valence-corrected chi connectivity index (χ0v) is 15.6. The molecule has 0 radical (unpaired) electrons. The SMILES string of the molecule is C=C1CC(S(=O)(=O)c2ccccc2)(S(=O)(=O)c2ccccc2)CC1C. The summed E-state index contributed by atoms with van der Waals surface area (Å²) in [4.78, 5) is 0.0489. The largest absolute Gasteiger partial charge is 0.222 e. The van der Waals surface area contributed by atoms with Crippen LogP contribution in [0.15, 0.2) is 82.6 Å². The molecule has 2 aromatic carbocycles. The second-order valence-corrected chi connectivity index (χ2v) is 11.3. The van der Waals surface area contributed by atoms with Gasteiger partial charge in [-0.3, -0.25) is 0 Å². The average molecular weight is 376 g/mol. The van der Waals surface area contributed by atoms with Crippen LogP contribution in [0.25, 0.3) is 0 Å². The van der Waals surface area contributed by atoms with E-state index in [2.05, 4.69) is 6.58 Å². The second-order valence-electron chi connectivity index (χ2n) is 6.48. The molecule has 25 heavy (non-hydrogen) atoms. The fourth-order valence-electron chi connectivity index (χ4n) is 3.39. The maximum Gasteiger partial charge on any atom is 0.199 e. The second kappa shape index (κ2) is 6.11. The highest BCUT2D eigenvalue weighted by molar-refractivity contribution is 8.10. The molecule has 3 rings (SSSR count). The van der Waals surface area contributed by atoms with Gasteiger partial charge < -0.3 is 0 Å². The third-order valence-electron chi connectivity index (χ3n) is 4.90. The van der Waals surface area contributed by atoms with E-state index in [0.717, 1.165) is 0 Å². The first-order chi connectivity index (χ1) is 11.7. The highest BCUT2D eigenvalue weighted by atomic mass is 32.3. The van der Waals surface area contributed by atoms with Crippen molar-refractivity contribution in [2.45, 2.75) is 33.6 Å². The van der Waals surface area contributed by atoms with E-state index >= 15 is 0 Å². The van der Waals surface area contributed by atoms with Gasteiger partial charge in [-0.15, -0.1) is 0 Å². The lowest BCUT2D eigenvalue weighted by Gasteiger charge is -2.29. The Hall–Kier alpha value is -1.92. The molecule has 1 saturated carbocycles. The lowest BCUT2D eigenvalue weighted by molar-refractivity contribution is 0.530. The fraction of sp³-hybridized carbons (Fsp3) is 0.263. The van der Waals surface area contributed by atoms with E-state index in [-0.39, 0.29) is 28.6 Å². The van der Waals surface area contributed by atoms with E-state index in [1.807, 2.05) is 6.92 Å². The molecule has 132 valence electrons. The summed E-state index contributed by atoms with van der Waals surface area (Å²) < 4.78 is 51.9. The van der Waals surface area contributed by atoms with Crippen molar-refractivity contribution >= 4 is 19.7 Å². The minimum absolute atomic E-state index is 0.0142. The van der Waals surface area contributed by atoms with E-state index in [0.29, 0.717) is 5.57 Å². The van der Waals surface area contributed by atoms with Gasteiger partial charge >= 0.3 is 0 Å². The minimum atomic E-state index is -4.12. The Kier molecular flexibility index (Phi) is 4.37. The molecule has 1 fully saturated rings. The predicted molar refractivity (Wildman–Crippen MR) is 97.5 cm³/mol. The predicted octanol–water partition coefficient (Wildman–Crippen LogP) is 3.62. The van der Waals surface area contributed by atoms with E-state index in [1.54, 1.807) is 36.4 Å². The third kappa shape index (κ3) is 2.64. The van der Waals surface area contributed by atoms with Gasteiger partial charge in [0.05, 0.1) is 9.79 Å². The molecule has 0 spiro atoms. The van der Waals surface area contributed by atoms with Crippen LogP contribution in [0.4, 0.5) is 0 Å². The van der Waals surface area contributed by atoms with Crippen molar-refractivity contribution in [2.75, 3.05) is 0 Å². The molecule has 1 aliphatic carbocycles. The number of rotatable bonds is 4. The number of allylic oxidation sites excluding steroid dienone is 1. The number of hydrogen-bond donors (Lipinski definition) is 0. The van der Waals surface area contributed by atoms with Crippen molar-refractivity contribution in [3.63, 3.8) is 0 Å². The Morgan fingerprint density at radius 2 is 1.24 bits per heavy atom. The van der Waals surface area contributed by atoms with E-state index in [9.17, 15) is 16.8 Å². The summed E-state index contributed by atoms with van der Waals surface area (Å²) in [6.07, 6.45) is -0.0666. The quantitative estimate of drug-likeness (QED) is 0.765. The zero-order chi connectivity index (χ0) is 18.3. The Morgan fingerprint density at radius 3 is 1.56 bits per heavy atom. The Labute approximate surface area is 149 Å². The van der Waals surface area contributed by atoms with Gasteiger partial charge in [0, 0.05) is 6.42 Å². The monoisotopic (exact) mass is 376 g/mol. The highest BCUT2D eigenvalue weighted by Gasteiger charge is 2.60. The first-order valence-electron chi connectivity index (χ1n) is 7.99. The van der Waals surface area contributed by atoms with E-state index in [1.165, 1.54) is 24.3 Å². The van der Waals surface area contributed by atoms with Crippen molar-refractivity contribution < 1.29 is 16.8 Å². The molecular weight excluding hydrogens is 356 g/mol. The summed E-state index contributed by atoms with van der Waals surface area (Å²) in [5.41, 5.74) is 0.652. The summed E-state index contributed by atoms with van der Waals surface area (Å²) in [6, 6.07) is 15.6. The summed E-state index contributed by atoms with van der Waals surface area (Å²) in [5, 5.41) is 0. The number of hydrogen-bond acceptors (Lipinski definition) is 4. The first-order valence-corrected chi connectivity index (χ1v) is 11.0. The molecule has 0 amide bonds. The van der Waals surface area contributed by atoms with Gasteiger partial charge in [-0.05, 0) is 36.6 Å². The van der Waals surface area contributed by atoms with Gasteiger partial charge in [-0.25, -0.2) is 16.8 Å². The van der Waals surface area contributed by atoms with Crippen molar-refractivity contribution in [1.82, 2.24) is 0 Å². The van der Waals surface area contributed by atoms with Gasteiger partial charge in [-0.2, -0.15) is 0 Å². The van der Waals surface area contributed by atoms with Crippen molar-refractivity contribution in [1.29, 1.82) is 0 Å². The molecule has 0 N–H and O–H groups in total. The summed E-state index contributed by atoms with van der Waals surface area (Å²) in [5.74, 6) is -0.183. The van der Waals surface area contributed by atoms with E-state index in [4.69, 9.17) is 0 Å². The molecule has 1 atom stereocenters. The molecule has 1 aliphatic rings. The third-order valence-corrected chi connectivity index (χ3v) is 10.6. The van der Waals surface area contributed by atoms with Crippen molar-refractivity contribution in [3.05, 3.63) is 72.8 Å². The fourth-order valence-corrected chi connectivity index (χ4v) is 8.70. The Balaban J connectivity index is 2.29. The smallest absolute Gasteiger partial charge is 0.199 e. The highest BCUT2D eigenvalue weighted by Crippen LogP contribution is 2.51. The van der Waals surface area contributed by atoms with Crippen LogP contribution in [-0.4, -0.2) is 20.9 Å². The molecule has 4 nitrogen and oxygen atoms in total. The minimum Gasteiger partial charge on any atom is -0.222 e. The van der Waals surface area contributed by atoms with Crippen LogP contribution in [0.5, 0.6) is 0 Å². The Bertz CT molecular complexity index is 922. The van der Waals surface area contributed by atoms with Crippen molar-refractivity contribution in [2.24, 2.45) is 5.92 Å². The molecule has 2 aromatic rings. The topological polar surface area (TPSA) is 68.3 Å². The van der Waals surface area contributed by atoms with Gasteiger partial charge in [0.25, 0.3) is 0 Å². The molecule has 0 aliphatic heterocycles. The van der Waals surface area contributed by atoms with Crippen LogP contribution >= 0.6 is 0 Å². The van der Waals surface area contributed by atoms with Gasteiger partial charge in [0.2, 0.25) is 0 Å². The average Bonchev–Trinajstić information content (AvgIpc) is 2.93. The van der Waals surface area contributed by atoms with Crippen LogP contribution < -0.4 is 0 Å². The lowest BCUT2D eigenvalue weighted by Crippen LogP contribution is -2.44. The number of sulfone groups is 2. The van der Waals surface area contributed by atoms with Crippen molar-refractivity contribution in [3.8, 4) is 0 Å². The van der Waals surface area contributed by atoms with Crippen LogP contribution in [0, 0.1) is 5.92 Å². The molecular formula is C19H20O4S2. The summed E-state index contributed by atoms with van der Waals surface area (Å²) in [6.45, 7) is 5.74. The Morgan fingerprint density at radius 1 is 0.840 bits per heavy atom. The molecule has 0 saturated heterocycles. The first kappa shape index (κ1) is 17.9. The van der Waals surface area contributed by atoms with Gasteiger partial charge in [0.15, 0.2) is 23.8 Å². The maximum absolute atomic E-state index is 13.4. The molecule has 1 unspecified atom stereocenters. The molecule has 0 heterocycles. The summed E-state index contributed by atoms with van der Waals surface area (Å²) >= 11 is 0. The van der Waals surface area contributed by atoms with Crippen LogP contribution in [-0.2, 0) is 19.7 Å². The molecule has 6 heteroatoms. The molecule has 0 bridgehead atoms. The standard InChI is InChI=1S/C19H20O4S2/c1-15-13-19(14-16(15)2,24(20,21)17-9-5-3-6-10-17)25(22,23)18-11-7-4-8-12-18/h3-12,16H,1,13-14H2,2H3. The van der Waals surface area contributed by atoms with Gasteiger partial charge in [-0.1, -0.05) is 55.5 Å².